The van der Waals surface area contributed by atoms with Gasteiger partial charge >= 0.3 is 29.2 Å². The first-order chi connectivity index (χ1) is 21.5. The van der Waals surface area contributed by atoms with Gasteiger partial charge in [0.25, 0.3) is 5.56 Å². The van der Waals surface area contributed by atoms with E-state index in [1.807, 2.05) is 0 Å². The monoisotopic (exact) mass is 705 g/mol. The Hall–Kier alpha value is -3.08. The maximum absolute atomic E-state index is 13.0. The van der Waals surface area contributed by atoms with Gasteiger partial charge < -0.3 is 34.4 Å². The molecule has 0 radical (unpaired) electrons. The zero-order valence-electron chi connectivity index (χ0n) is 23.9. The second-order valence-electron chi connectivity index (χ2n) is 9.93. The summed E-state index contributed by atoms with van der Waals surface area (Å²) in [7, 11) is -17.0. The molecular formula is C25H30N3O15P3. The molecule has 18 nitrogen and oxygen atoms in total. The molecule has 21 heteroatoms. The van der Waals surface area contributed by atoms with Crippen molar-refractivity contribution in [2.75, 3.05) is 6.61 Å². The maximum atomic E-state index is 13.0. The minimum Gasteiger partial charge on any atom is -0.349 e. The number of ether oxygens (including phenoxy) is 2. The number of benzene rings is 2. The Kier molecular flexibility index (Phi) is 11.5. The van der Waals surface area contributed by atoms with Crippen LogP contribution in [0.5, 0.6) is 0 Å². The average molecular weight is 705 g/mol. The molecule has 4 rings (SSSR count). The number of phosphoric ester groups is 1. The van der Waals surface area contributed by atoms with E-state index in [9.17, 15) is 37.9 Å². The van der Waals surface area contributed by atoms with Crippen LogP contribution in [0.3, 0.4) is 0 Å². The molecule has 3 aromatic rings. The Labute approximate surface area is 260 Å². The summed E-state index contributed by atoms with van der Waals surface area (Å²) in [5, 5.41) is 2.77. The van der Waals surface area contributed by atoms with Crippen LogP contribution in [0.15, 0.2) is 76.4 Å². The van der Waals surface area contributed by atoms with Crippen LogP contribution in [-0.4, -0.2) is 53.8 Å². The molecule has 1 aliphatic heterocycles. The number of rotatable bonds is 14. The maximum Gasteiger partial charge on any atom is 0.490 e. The van der Waals surface area contributed by atoms with Gasteiger partial charge in [-0.15, -0.1) is 0 Å². The van der Waals surface area contributed by atoms with Crippen molar-refractivity contribution in [3.8, 4) is 0 Å². The number of hydrogen-bond donors (Lipinski definition) is 6. The molecule has 1 saturated heterocycles. The van der Waals surface area contributed by atoms with Crippen molar-refractivity contribution >= 4 is 29.4 Å². The van der Waals surface area contributed by atoms with Crippen LogP contribution in [0.4, 0.5) is 0 Å². The third kappa shape index (κ3) is 10.5. The first-order valence-electron chi connectivity index (χ1n) is 13.3. The van der Waals surface area contributed by atoms with Crippen molar-refractivity contribution in [3.63, 3.8) is 0 Å². The molecule has 1 aliphatic rings. The number of nitrogens with one attached hydrogen (secondary N) is 2. The highest BCUT2D eigenvalue weighted by molar-refractivity contribution is 7.66. The third-order valence-corrected chi connectivity index (χ3v) is 10.2. The summed E-state index contributed by atoms with van der Waals surface area (Å²) in [6.07, 6.45) is -3.60. The molecule has 1 fully saturated rings. The van der Waals surface area contributed by atoms with Crippen LogP contribution in [-0.2, 0) is 47.5 Å². The number of carbonyl (C=O) groups excluding carboxylic acids is 1. The number of amides is 1. The number of H-pyrrole nitrogens is 1. The smallest absolute Gasteiger partial charge is 0.349 e. The van der Waals surface area contributed by atoms with E-state index in [1.54, 1.807) is 60.7 Å². The SMILES string of the molecule is Cc1cn([C@H]2C[C@H](OC(NC(=O)Cc3ccccc3)c3ccccc3)[C@@H](COP(=O)(O)OP(=O)(O)OP(=O)(O)O)O2)c(=O)[nH]c1=O. The molecule has 1 aromatic heterocycles. The van der Waals surface area contributed by atoms with Crippen LogP contribution >= 0.6 is 23.5 Å². The number of carbonyl (C=O) groups is 1. The first kappa shape index (κ1) is 35.8. The summed E-state index contributed by atoms with van der Waals surface area (Å²) in [5.74, 6) is -0.423. The lowest BCUT2D eigenvalue weighted by Gasteiger charge is -2.26. The minimum absolute atomic E-state index is 0.00115. The number of nitrogens with zero attached hydrogens (tertiary/aromatic N) is 1. The van der Waals surface area contributed by atoms with Gasteiger partial charge in [-0.1, -0.05) is 60.7 Å². The van der Waals surface area contributed by atoms with Crippen molar-refractivity contribution in [2.24, 2.45) is 0 Å². The van der Waals surface area contributed by atoms with Gasteiger partial charge in [-0.2, -0.15) is 8.62 Å². The lowest BCUT2D eigenvalue weighted by molar-refractivity contribution is -0.130. The van der Waals surface area contributed by atoms with Crippen molar-refractivity contribution in [2.45, 2.75) is 44.4 Å². The molecule has 46 heavy (non-hydrogen) atoms. The van der Waals surface area contributed by atoms with Crippen LogP contribution < -0.4 is 16.6 Å². The van der Waals surface area contributed by atoms with E-state index < -0.39 is 71.9 Å². The fourth-order valence-corrected chi connectivity index (χ4v) is 7.44. The molecule has 0 bridgehead atoms. The molecule has 0 spiro atoms. The van der Waals surface area contributed by atoms with Gasteiger partial charge in [0, 0.05) is 23.7 Å². The predicted octanol–water partition coefficient (Wildman–Crippen LogP) is 1.92. The van der Waals surface area contributed by atoms with Crippen molar-refractivity contribution < 1.29 is 60.7 Å². The minimum atomic E-state index is -5.80. The molecule has 6 atom stereocenters. The van der Waals surface area contributed by atoms with Gasteiger partial charge in [-0.3, -0.25) is 23.7 Å². The summed E-state index contributed by atoms with van der Waals surface area (Å²) in [6.45, 7) is 0.541. The Morgan fingerprint density at radius 2 is 1.63 bits per heavy atom. The van der Waals surface area contributed by atoms with Gasteiger partial charge in [0.05, 0.1) is 19.1 Å². The lowest BCUT2D eigenvalue weighted by atomic mass is 10.1. The van der Waals surface area contributed by atoms with Gasteiger partial charge in [0.1, 0.15) is 12.3 Å². The van der Waals surface area contributed by atoms with Crippen LogP contribution in [0.1, 0.15) is 35.6 Å². The molecular weight excluding hydrogens is 675 g/mol. The Morgan fingerprint density at radius 1 is 1.00 bits per heavy atom. The van der Waals surface area contributed by atoms with Gasteiger partial charge in [-0.25, -0.2) is 18.5 Å². The second-order valence-corrected chi connectivity index (χ2v) is 14.3. The van der Waals surface area contributed by atoms with E-state index in [0.717, 1.165) is 10.1 Å². The van der Waals surface area contributed by atoms with Crippen LogP contribution in [0.2, 0.25) is 0 Å². The summed E-state index contributed by atoms with van der Waals surface area (Å²) in [5.41, 5.74) is -0.105. The number of aromatic amines is 1. The summed E-state index contributed by atoms with van der Waals surface area (Å²) in [4.78, 5) is 76.6. The van der Waals surface area contributed by atoms with E-state index in [-0.39, 0.29) is 18.4 Å². The van der Waals surface area contributed by atoms with E-state index >= 15 is 0 Å². The molecule has 1 amide bonds. The number of aromatic nitrogens is 2. The largest absolute Gasteiger partial charge is 0.490 e. The highest BCUT2D eigenvalue weighted by atomic mass is 31.3. The lowest BCUT2D eigenvalue weighted by Crippen LogP contribution is -2.37. The third-order valence-electron chi connectivity index (χ3n) is 6.37. The van der Waals surface area contributed by atoms with Crippen LogP contribution in [0, 0.1) is 6.92 Å². The van der Waals surface area contributed by atoms with Gasteiger partial charge in [0.2, 0.25) is 5.91 Å². The fourth-order valence-electron chi connectivity index (χ4n) is 4.41. The molecule has 0 aliphatic carbocycles. The van der Waals surface area contributed by atoms with Crippen LogP contribution in [0.25, 0.3) is 0 Å². The van der Waals surface area contributed by atoms with E-state index in [2.05, 4.69) is 18.9 Å². The zero-order chi connectivity index (χ0) is 33.7. The molecule has 250 valence electrons. The summed E-state index contributed by atoms with van der Waals surface area (Å²) < 4.78 is 60.6. The summed E-state index contributed by atoms with van der Waals surface area (Å²) >= 11 is 0. The quantitative estimate of drug-likeness (QED) is 0.103. The van der Waals surface area contributed by atoms with Gasteiger partial charge in [0.15, 0.2) is 6.23 Å². The molecule has 3 unspecified atom stereocenters. The molecule has 2 heterocycles. The van der Waals surface area contributed by atoms with Gasteiger partial charge in [-0.05, 0) is 12.5 Å². The molecule has 6 N–H and O–H groups in total. The van der Waals surface area contributed by atoms with Crippen molar-refractivity contribution in [1.82, 2.24) is 14.9 Å². The number of aryl methyl sites for hydroxylation is 1. The van der Waals surface area contributed by atoms with E-state index in [1.165, 1.54) is 13.1 Å². The first-order valence-corrected chi connectivity index (χ1v) is 17.8. The zero-order valence-corrected chi connectivity index (χ0v) is 26.5. The van der Waals surface area contributed by atoms with Crippen molar-refractivity contribution in [1.29, 1.82) is 0 Å². The highest BCUT2D eigenvalue weighted by Crippen LogP contribution is 2.66. The Morgan fingerprint density at radius 3 is 2.26 bits per heavy atom. The Bertz CT molecular complexity index is 1780. The van der Waals surface area contributed by atoms with E-state index in [0.29, 0.717) is 5.56 Å². The van der Waals surface area contributed by atoms with E-state index in [4.69, 9.17) is 23.8 Å². The summed E-state index contributed by atoms with van der Waals surface area (Å²) in [6, 6.07) is 17.3. The molecule has 2 aromatic carbocycles. The second kappa shape index (κ2) is 14.8. The normalized spacial score (nSPS) is 21.6. The van der Waals surface area contributed by atoms with Crippen molar-refractivity contribution in [3.05, 3.63) is 104 Å². The topological polar surface area (TPSA) is 262 Å². The standard InChI is InChI=1S/C25H30N3O15P3/c1-16-14-28(25(31)27-23(16)30)22-13-19(20(40-22)15-39-45(35,36)43-46(37,38)42-44(32,33)34)41-24(18-10-6-3-7-11-18)26-21(29)12-17-8-4-2-5-9-17/h2-11,14,19-20,22,24H,12-13,15H2,1H3,(H,26,29)(H,35,36)(H,37,38)(H,27,30,31)(H2,32,33,34)/t19-,20+,22+,24?/m0/s1. The highest BCUT2D eigenvalue weighted by Gasteiger charge is 2.44. The average Bonchev–Trinajstić information content (AvgIpc) is 3.35. The number of hydrogen-bond acceptors (Lipinski definition) is 11. The molecule has 0 saturated carbocycles. The number of phosphoric acid groups is 3. The predicted molar refractivity (Wildman–Crippen MR) is 157 cm³/mol. The fraction of sp³-hybridized carbons (Fsp3) is 0.320. The Balaban J connectivity index is 1.59.